The van der Waals surface area contributed by atoms with Gasteiger partial charge in [-0.3, -0.25) is 14.4 Å². The average Bonchev–Trinajstić information content (AvgIpc) is 2.76. The second-order valence-corrected chi connectivity index (χ2v) is 10.3. The zero-order chi connectivity index (χ0) is 18.4. The van der Waals surface area contributed by atoms with E-state index in [1.807, 2.05) is 19.9 Å². The van der Waals surface area contributed by atoms with Crippen molar-refractivity contribution in [2.24, 2.45) is 33.5 Å². The Morgan fingerprint density at radius 2 is 1.56 bits per heavy atom. The largest absolute Gasteiger partial charge is 0.299 e. The maximum absolute atomic E-state index is 13.4. The minimum absolute atomic E-state index is 0.0945. The zero-order valence-corrected chi connectivity index (χ0v) is 16.2. The van der Waals surface area contributed by atoms with Gasteiger partial charge in [0.15, 0.2) is 5.78 Å². The summed E-state index contributed by atoms with van der Waals surface area (Å²) in [6.07, 6.45) is 6.50. The van der Waals surface area contributed by atoms with Gasteiger partial charge in [-0.1, -0.05) is 20.8 Å². The van der Waals surface area contributed by atoms with Crippen LogP contribution in [-0.4, -0.2) is 17.3 Å². The Morgan fingerprint density at radius 1 is 0.880 bits per heavy atom. The Bertz CT molecular complexity index is 730. The SMILES string of the molecule is CC1(C)C(=O)CCC2C1=CC(=O)C1C2(C)CCC2(C)C(=O)CCC12C. The summed E-state index contributed by atoms with van der Waals surface area (Å²) in [5.41, 5.74) is -0.207. The lowest BCUT2D eigenvalue weighted by atomic mass is 9.40. The standard InChI is InChI=1S/C22H30O3/c1-19(2)14-12-15(23)18-20(3,13(14)6-7-16(19)24)10-11-21(4)17(25)8-9-22(18,21)5/h12-13,18H,6-11H2,1-5H3. The quantitative estimate of drug-likeness (QED) is 0.660. The van der Waals surface area contributed by atoms with E-state index in [0.717, 1.165) is 31.3 Å². The molecule has 5 unspecified atom stereocenters. The molecule has 3 saturated carbocycles. The molecular formula is C22H30O3. The Morgan fingerprint density at radius 3 is 2.24 bits per heavy atom. The van der Waals surface area contributed by atoms with E-state index in [-0.39, 0.29) is 33.7 Å². The monoisotopic (exact) mass is 342 g/mol. The molecule has 25 heavy (non-hydrogen) atoms. The second-order valence-electron chi connectivity index (χ2n) is 10.3. The summed E-state index contributed by atoms with van der Waals surface area (Å²) < 4.78 is 0. The molecule has 3 nitrogen and oxygen atoms in total. The van der Waals surface area contributed by atoms with Gasteiger partial charge in [0.2, 0.25) is 0 Å². The summed E-state index contributed by atoms with van der Waals surface area (Å²) in [5.74, 6) is 0.967. The normalized spacial score (nSPS) is 48.5. The van der Waals surface area contributed by atoms with Crippen molar-refractivity contribution < 1.29 is 14.4 Å². The molecule has 4 aliphatic rings. The molecule has 0 N–H and O–H groups in total. The molecule has 0 bridgehead atoms. The molecule has 136 valence electrons. The van der Waals surface area contributed by atoms with Crippen molar-refractivity contribution in [1.82, 2.24) is 0 Å². The molecule has 5 atom stereocenters. The van der Waals surface area contributed by atoms with Crippen molar-refractivity contribution in [2.45, 2.75) is 73.1 Å². The molecule has 4 rings (SSSR count). The molecule has 0 aromatic heterocycles. The molecule has 0 aromatic rings. The van der Waals surface area contributed by atoms with Crippen molar-refractivity contribution in [3.05, 3.63) is 11.6 Å². The summed E-state index contributed by atoms with van der Waals surface area (Å²) in [7, 11) is 0. The first-order valence-corrected chi connectivity index (χ1v) is 9.81. The van der Waals surface area contributed by atoms with Gasteiger partial charge in [0.25, 0.3) is 0 Å². The Labute approximate surface area is 150 Å². The number of carbonyl (C=O) groups excluding carboxylic acids is 3. The van der Waals surface area contributed by atoms with Crippen LogP contribution in [-0.2, 0) is 14.4 Å². The summed E-state index contributed by atoms with van der Waals surface area (Å²) in [6, 6.07) is 0. The molecule has 0 heterocycles. The van der Waals surface area contributed by atoms with Crippen molar-refractivity contribution in [1.29, 1.82) is 0 Å². The van der Waals surface area contributed by atoms with E-state index in [0.29, 0.717) is 24.5 Å². The molecule has 0 saturated heterocycles. The van der Waals surface area contributed by atoms with E-state index in [1.165, 1.54) is 0 Å². The van der Waals surface area contributed by atoms with Crippen LogP contribution in [0, 0.1) is 33.5 Å². The van der Waals surface area contributed by atoms with Crippen LogP contribution in [0.2, 0.25) is 0 Å². The summed E-state index contributed by atoms with van der Waals surface area (Å²) in [6.45, 7) is 10.5. The predicted molar refractivity (Wildman–Crippen MR) is 95.9 cm³/mol. The van der Waals surface area contributed by atoms with Crippen LogP contribution in [0.4, 0.5) is 0 Å². The Hall–Kier alpha value is -1.25. The smallest absolute Gasteiger partial charge is 0.159 e. The van der Waals surface area contributed by atoms with E-state index < -0.39 is 5.41 Å². The van der Waals surface area contributed by atoms with Crippen molar-refractivity contribution in [2.75, 3.05) is 0 Å². The lowest BCUT2D eigenvalue weighted by Crippen LogP contribution is -2.61. The van der Waals surface area contributed by atoms with Crippen molar-refractivity contribution >= 4 is 17.3 Å². The van der Waals surface area contributed by atoms with E-state index in [9.17, 15) is 14.4 Å². The molecule has 4 aliphatic carbocycles. The first kappa shape index (κ1) is 17.2. The van der Waals surface area contributed by atoms with Gasteiger partial charge in [-0.15, -0.1) is 0 Å². The lowest BCUT2D eigenvalue weighted by molar-refractivity contribution is -0.161. The molecule has 0 spiro atoms. The van der Waals surface area contributed by atoms with E-state index >= 15 is 0 Å². The van der Waals surface area contributed by atoms with Gasteiger partial charge in [0.1, 0.15) is 11.6 Å². The molecule has 3 heteroatoms. The zero-order valence-electron chi connectivity index (χ0n) is 16.2. The van der Waals surface area contributed by atoms with Crippen LogP contribution in [0.15, 0.2) is 11.6 Å². The van der Waals surface area contributed by atoms with Gasteiger partial charge in [0, 0.05) is 29.6 Å². The number of hydrogen-bond acceptors (Lipinski definition) is 3. The topological polar surface area (TPSA) is 51.2 Å². The minimum Gasteiger partial charge on any atom is -0.299 e. The molecule has 0 aliphatic heterocycles. The second kappa shape index (κ2) is 4.72. The molecule has 3 fully saturated rings. The number of ketones is 3. The maximum Gasteiger partial charge on any atom is 0.159 e. The third-order valence-corrected chi connectivity index (χ3v) is 9.04. The maximum atomic E-state index is 13.4. The highest BCUT2D eigenvalue weighted by atomic mass is 16.1. The number of rotatable bonds is 0. The Balaban J connectivity index is 1.89. The van der Waals surface area contributed by atoms with Crippen LogP contribution < -0.4 is 0 Å². The average molecular weight is 342 g/mol. The van der Waals surface area contributed by atoms with Crippen LogP contribution in [0.5, 0.6) is 0 Å². The highest BCUT2D eigenvalue weighted by molar-refractivity contribution is 6.00. The van der Waals surface area contributed by atoms with Gasteiger partial charge >= 0.3 is 0 Å². The molecular weight excluding hydrogens is 312 g/mol. The first-order valence-electron chi connectivity index (χ1n) is 9.81. The highest BCUT2D eigenvalue weighted by Crippen LogP contribution is 2.70. The fraction of sp³-hybridized carbons (Fsp3) is 0.773. The first-order chi connectivity index (χ1) is 11.5. The van der Waals surface area contributed by atoms with Crippen molar-refractivity contribution in [3.63, 3.8) is 0 Å². The number of carbonyl (C=O) groups is 3. The summed E-state index contributed by atoms with van der Waals surface area (Å²) in [4.78, 5) is 38.5. The molecule has 0 amide bonds. The third-order valence-electron chi connectivity index (χ3n) is 9.04. The van der Waals surface area contributed by atoms with Gasteiger partial charge in [0.05, 0.1) is 0 Å². The van der Waals surface area contributed by atoms with Gasteiger partial charge in [-0.25, -0.2) is 0 Å². The summed E-state index contributed by atoms with van der Waals surface area (Å²) in [5, 5.41) is 0. The lowest BCUT2D eigenvalue weighted by Gasteiger charge is -2.62. The fourth-order valence-corrected chi connectivity index (χ4v) is 7.08. The van der Waals surface area contributed by atoms with Crippen LogP contribution in [0.3, 0.4) is 0 Å². The fourth-order valence-electron chi connectivity index (χ4n) is 7.08. The van der Waals surface area contributed by atoms with Crippen LogP contribution in [0.25, 0.3) is 0 Å². The van der Waals surface area contributed by atoms with Crippen molar-refractivity contribution in [3.8, 4) is 0 Å². The minimum atomic E-state index is -0.528. The predicted octanol–water partition coefficient (Wildman–Crippen LogP) is 4.29. The van der Waals surface area contributed by atoms with Crippen LogP contribution in [0.1, 0.15) is 73.1 Å². The Kier molecular flexibility index (Phi) is 3.24. The molecule has 0 aromatic carbocycles. The summed E-state index contributed by atoms with van der Waals surface area (Å²) >= 11 is 0. The third kappa shape index (κ3) is 1.80. The van der Waals surface area contributed by atoms with Gasteiger partial charge in [-0.2, -0.15) is 0 Å². The van der Waals surface area contributed by atoms with Crippen LogP contribution >= 0.6 is 0 Å². The highest BCUT2D eigenvalue weighted by Gasteiger charge is 2.69. The van der Waals surface area contributed by atoms with Gasteiger partial charge in [-0.05, 0) is 67.9 Å². The van der Waals surface area contributed by atoms with E-state index in [1.54, 1.807) is 0 Å². The molecule has 0 radical (unpaired) electrons. The number of allylic oxidation sites excluding steroid dienone is 2. The number of hydrogen-bond donors (Lipinski definition) is 0. The van der Waals surface area contributed by atoms with Gasteiger partial charge < -0.3 is 0 Å². The van der Waals surface area contributed by atoms with E-state index in [4.69, 9.17) is 0 Å². The van der Waals surface area contributed by atoms with E-state index in [2.05, 4.69) is 20.8 Å². The number of Topliss-reactive ketones (excluding diaryl/α,β-unsaturated/α-hetero) is 2. The number of fused-ring (bicyclic) bond motifs is 5.